The predicted molar refractivity (Wildman–Crippen MR) is 92.0 cm³/mol. The number of para-hydroxylation sites is 1. The lowest BCUT2D eigenvalue weighted by atomic mass is 9.96. The number of hydrogen-bond donors (Lipinski definition) is 1. The van der Waals surface area contributed by atoms with E-state index in [2.05, 4.69) is 15.0 Å². The van der Waals surface area contributed by atoms with Gasteiger partial charge in [-0.05, 0) is 30.2 Å². The zero-order valence-corrected chi connectivity index (χ0v) is 13.2. The first-order valence-corrected chi connectivity index (χ1v) is 8.07. The van der Waals surface area contributed by atoms with Crippen molar-refractivity contribution in [1.29, 1.82) is 0 Å². The van der Waals surface area contributed by atoms with E-state index < -0.39 is 5.82 Å². The number of hydrogen-bond acceptors (Lipinski definition) is 4. The lowest BCUT2D eigenvalue weighted by Crippen LogP contribution is -2.20. The monoisotopic (exact) mass is 337 g/mol. The molecule has 0 saturated heterocycles. The molecule has 3 heterocycles. The Bertz CT molecular complexity index is 1060. The van der Waals surface area contributed by atoms with Crippen LogP contribution in [0.5, 0.6) is 5.75 Å². The van der Waals surface area contributed by atoms with Crippen LogP contribution in [0.3, 0.4) is 0 Å². The summed E-state index contributed by atoms with van der Waals surface area (Å²) in [7, 11) is 0. The fourth-order valence-electron chi connectivity index (χ4n) is 3.30. The highest BCUT2D eigenvalue weighted by atomic mass is 19.1. The molecule has 2 aromatic carbocycles. The van der Waals surface area contributed by atoms with Gasteiger partial charge in [-0.15, -0.1) is 0 Å². The quantitative estimate of drug-likeness (QED) is 0.591. The lowest BCUT2D eigenvalue weighted by molar-refractivity contribution is 0.258. The van der Waals surface area contributed by atoms with Crippen molar-refractivity contribution in [2.45, 2.75) is 12.3 Å². The molecule has 0 spiro atoms. The predicted octanol–water partition coefficient (Wildman–Crippen LogP) is 4.32. The molecule has 0 amide bonds. The van der Waals surface area contributed by atoms with Crippen molar-refractivity contribution in [3.05, 3.63) is 66.2 Å². The van der Waals surface area contributed by atoms with Crippen molar-refractivity contribution >= 4 is 11.0 Å². The summed E-state index contributed by atoms with van der Waals surface area (Å²) >= 11 is 0. The largest absolute Gasteiger partial charge is 0.493 e. The van der Waals surface area contributed by atoms with Gasteiger partial charge in [0.2, 0.25) is 0 Å². The fourth-order valence-corrected chi connectivity index (χ4v) is 3.30. The van der Waals surface area contributed by atoms with E-state index in [1.807, 2.05) is 30.3 Å². The molecule has 4 aromatic rings. The summed E-state index contributed by atoms with van der Waals surface area (Å²) in [5, 5.41) is 0. The maximum Gasteiger partial charge on any atom is 0.181 e. The van der Waals surface area contributed by atoms with Crippen molar-refractivity contribution in [3.63, 3.8) is 0 Å². The number of oxazole rings is 1. The zero-order valence-electron chi connectivity index (χ0n) is 13.2. The lowest BCUT2D eigenvalue weighted by Gasteiger charge is -2.23. The number of benzene rings is 2. The molecule has 1 N–H and O–H groups in total. The van der Waals surface area contributed by atoms with Gasteiger partial charge in [-0.1, -0.05) is 18.2 Å². The summed E-state index contributed by atoms with van der Waals surface area (Å²) in [6.45, 7) is 0.521. The summed E-state index contributed by atoms with van der Waals surface area (Å²) in [5.74, 6) is 1.69. The normalized spacial score (nSPS) is 16.6. The SMILES string of the molecule is Fc1c(-c2cnco2)ccc2[nH]c(C3COc4ccccc4C3)nc12.[HH]. The number of rotatable bonds is 2. The first-order chi connectivity index (χ1) is 12.3. The van der Waals surface area contributed by atoms with Crippen LogP contribution in [0.15, 0.2) is 53.4 Å². The number of aromatic amines is 1. The molecule has 1 aliphatic heterocycles. The number of imidazole rings is 1. The van der Waals surface area contributed by atoms with Gasteiger partial charge < -0.3 is 14.1 Å². The highest BCUT2D eigenvalue weighted by molar-refractivity contribution is 5.82. The van der Waals surface area contributed by atoms with Gasteiger partial charge in [0.05, 0.1) is 29.8 Å². The highest BCUT2D eigenvalue weighted by Crippen LogP contribution is 2.33. The van der Waals surface area contributed by atoms with Crippen molar-refractivity contribution in [3.8, 4) is 17.1 Å². The molecule has 5 nitrogen and oxygen atoms in total. The van der Waals surface area contributed by atoms with Crippen LogP contribution in [0.4, 0.5) is 4.39 Å². The average Bonchev–Trinajstić information content (AvgIpc) is 3.31. The maximum atomic E-state index is 14.9. The smallest absolute Gasteiger partial charge is 0.181 e. The third-order valence-electron chi connectivity index (χ3n) is 4.57. The minimum atomic E-state index is -0.408. The fraction of sp³-hybridized carbons (Fsp3) is 0.158. The minimum Gasteiger partial charge on any atom is -0.493 e. The molecule has 1 unspecified atom stereocenters. The van der Waals surface area contributed by atoms with Gasteiger partial charge >= 0.3 is 0 Å². The third kappa shape index (κ3) is 2.29. The summed E-state index contributed by atoms with van der Waals surface area (Å²) in [4.78, 5) is 11.6. The van der Waals surface area contributed by atoms with E-state index in [4.69, 9.17) is 9.15 Å². The van der Waals surface area contributed by atoms with E-state index in [1.165, 1.54) is 12.6 Å². The van der Waals surface area contributed by atoms with Crippen LogP contribution in [0.25, 0.3) is 22.4 Å². The standard InChI is InChI=1S/C19H14FN3O2.H2/c20-17-13(16-8-21-10-25-16)5-6-14-18(17)23-19(22-14)12-7-11-3-1-2-4-15(11)24-9-12;/h1-6,8,10,12H,7,9H2,(H,22,23);1H. The van der Waals surface area contributed by atoms with Crippen molar-refractivity contribution in [2.75, 3.05) is 6.61 Å². The van der Waals surface area contributed by atoms with E-state index >= 15 is 0 Å². The molecule has 5 rings (SSSR count). The topological polar surface area (TPSA) is 63.9 Å². The van der Waals surface area contributed by atoms with E-state index in [0.717, 1.165) is 23.6 Å². The van der Waals surface area contributed by atoms with Crippen molar-refractivity contribution < 1.29 is 15.0 Å². The van der Waals surface area contributed by atoms with Crippen molar-refractivity contribution in [1.82, 2.24) is 15.0 Å². The summed E-state index contributed by atoms with van der Waals surface area (Å²) in [6.07, 6.45) is 3.59. The Morgan fingerprint density at radius 2 is 2.12 bits per heavy atom. The van der Waals surface area contributed by atoms with Gasteiger partial charge in [-0.2, -0.15) is 0 Å². The number of nitrogens with one attached hydrogen (secondary N) is 1. The van der Waals surface area contributed by atoms with Gasteiger partial charge in [0.15, 0.2) is 18.0 Å². The molecule has 2 aromatic heterocycles. The summed E-state index contributed by atoms with van der Waals surface area (Å²) in [6, 6.07) is 11.4. The Kier molecular flexibility index (Phi) is 3.09. The van der Waals surface area contributed by atoms with Crippen LogP contribution in [0.2, 0.25) is 0 Å². The van der Waals surface area contributed by atoms with Crippen LogP contribution < -0.4 is 4.74 Å². The number of H-pyrrole nitrogens is 1. The number of nitrogens with zero attached hydrogens (tertiary/aromatic N) is 2. The maximum absolute atomic E-state index is 14.9. The van der Waals surface area contributed by atoms with Gasteiger partial charge in [0.25, 0.3) is 0 Å². The molecule has 1 aliphatic rings. The molecular formula is C19H16FN3O2. The molecular weight excluding hydrogens is 321 g/mol. The summed E-state index contributed by atoms with van der Waals surface area (Å²) in [5.41, 5.74) is 2.47. The van der Waals surface area contributed by atoms with E-state index in [9.17, 15) is 4.39 Å². The number of aromatic nitrogens is 3. The highest BCUT2D eigenvalue weighted by Gasteiger charge is 2.25. The number of fused-ring (bicyclic) bond motifs is 2. The van der Waals surface area contributed by atoms with Crippen molar-refractivity contribution in [2.24, 2.45) is 0 Å². The first kappa shape index (κ1) is 14.2. The Morgan fingerprint density at radius 1 is 1.20 bits per heavy atom. The molecule has 126 valence electrons. The van der Waals surface area contributed by atoms with Gasteiger partial charge in [0.1, 0.15) is 17.1 Å². The second-order valence-corrected chi connectivity index (χ2v) is 6.13. The summed E-state index contributed by atoms with van der Waals surface area (Å²) < 4.78 is 25.9. The van der Waals surface area contributed by atoms with E-state index in [0.29, 0.717) is 29.0 Å². The Labute approximate surface area is 144 Å². The third-order valence-corrected chi connectivity index (χ3v) is 4.57. The van der Waals surface area contributed by atoms with Gasteiger partial charge in [-0.3, -0.25) is 0 Å². The van der Waals surface area contributed by atoms with Crippen LogP contribution >= 0.6 is 0 Å². The van der Waals surface area contributed by atoms with Crippen LogP contribution in [-0.2, 0) is 6.42 Å². The second-order valence-electron chi connectivity index (χ2n) is 6.13. The van der Waals surface area contributed by atoms with Crippen LogP contribution in [-0.4, -0.2) is 21.6 Å². The Morgan fingerprint density at radius 3 is 3.00 bits per heavy atom. The number of ether oxygens (including phenoxy) is 1. The zero-order chi connectivity index (χ0) is 16.8. The molecule has 0 saturated carbocycles. The van der Waals surface area contributed by atoms with E-state index in [1.54, 1.807) is 6.07 Å². The van der Waals surface area contributed by atoms with Gasteiger partial charge in [-0.25, -0.2) is 14.4 Å². The molecule has 1 atom stereocenters. The minimum absolute atomic E-state index is 0. The molecule has 6 heteroatoms. The Balaban J connectivity index is 0.00000168. The van der Waals surface area contributed by atoms with Crippen LogP contribution in [0.1, 0.15) is 18.7 Å². The van der Waals surface area contributed by atoms with E-state index in [-0.39, 0.29) is 7.34 Å². The number of halogens is 1. The Hall–Kier alpha value is -3.15. The molecule has 0 aliphatic carbocycles. The molecule has 25 heavy (non-hydrogen) atoms. The molecule has 0 fully saturated rings. The average molecular weight is 337 g/mol. The second kappa shape index (κ2) is 5.44. The van der Waals surface area contributed by atoms with Gasteiger partial charge in [0, 0.05) is 1.43 Å². The molecule has 0 bridgehead atoms. The van der Waals surface area contributed by atoms with Crippen LogP contribution in [0, 0.1) is 5.82 Å². The first-order valence-electron chi connectivity index (χ1n) is 8.07. The molecule has 0 radical (unpaired) electrons.